The fourth-order valence-electron chi connectivity index (χ4n) is 1.42. The Kier molecular flexibility index (Phi) is 3.87. The van der Waals surface area contributed by atoms with Gasteiger partial charge in [-0.1, -0.05) is 53.0 Å². The van der Waals surface area contributed by atoms with Crippen LogP contribution in [-0.4, -0.2) is 8.42 Å². The summed E-state index contributed by atoms with van der Waals surface area (Å²) in [5.74, 6) is 0. The number of sulfone groups is 1. The normalized spacial score (nSPS) is 11.5. The number of benzene rings is 2. The summed E-state index contributed by atoms with van der Waals surface area (Å²) in [6.07, 6.45) is 0. The van der Waals surface area contributed by atoms with Crippen molar-refractivity contribution in [3.05, 3.63) is 57.5 Å². The van der Waals surface area contributed by atoms with Gasteiger partial charge in [0, 0.05) is 0 Å². The van der Waals surface area contributed by atoms with Gasteiger partial charge >= 0.3 is 0 Å². The molecular weight excluding hydrogens is 315 g/mol. The van der Waals surface area contributed by atoms with Gasteiger partial charge in [0.15, 0.2) is 0 Å². The molecule has 0 aliphatic heterocycles. The van der Waals surface area contributed by atoms with Gasteiger partial charge in [0.25, 0.3) is 0 Å². The highest BCUT2D eigenvalue weighted by atomic mass is 35.5. The highest BCUT2D eigenvalue weighted by Gasteiger charge is 2.19. The number of rotatable bonds is 2. The first-order valence-corrected chi connectivity index (χ1v) is 7.49. The van der Waals surface area contributed by atoms with Crippen LogP contribution in [0.4, 0.5) is 0 Å². The van der Waals surface area contributed by atoms with Crippen LogP contribution >= 0.6 is 34.8 Å². The van der Waals surface area contributed by atoms with E-state index in [1.165, 1.54) is 24.3 Å². The fraction of sp³-hybridized carbons (Fsp3) is 0. The van der Waals surface area contributed by atoms with E-state index in [0.717, 1.165) is 0 Å². The van der Waals surface area contributed by atoms with Gasteiger partial charge in [-0.15, -0.1) is 0 Å². The first-order chi connectivity index (χ1) is 8.43. The maximum absolute atomic E-state index is 12.3. The Hall–Kier alpha value is -0.740. The first-order valence-electron chi connectivity index (χ1n) is 4.87. The van der Waals surface area contributed by atoms with Gasteiger partial charge in [-0.05, 0) is 24.3 Å². The summed E-state index contributed by atoms with van der Waals surface area (Å²) in [5.41, 5.74) is 0. The molecule has 6 heteroatoms. The summed E-state index contributed by atoms with van der Waals surface area (Å²) in [6, 6.07) is 10.6. The van der Waals surface area contributed by atoms with Crippen molar-refractivity contribution in [1.82, 2.24) is 0 Å². The minimum atomic E-state index is -3.63. The molecule has 0 bridgehead atoms. The molecule has 0 aliphatic carbocycles. The van der Waals surface area contributed by atoms with E-state index >= 15 is 0 Å². The topological polar surface area (TPSA) is 34.1 Å². The lowest BCUT2D eigenvalue weighted by atomic mass is 10.3. The lowest BCUT2D eigenvalue weighted by Gasteiger charge is -2.07. The second-order valence-electron chi connectivity index (χ2n) is 3.52. The molecule has 0 amide bonds. The number of halogens is 3. The fourth-order valence-corrected chi connectivity index (χ4v) is 3.48. The van der Waals surface area contributed by atoms with Gasteiger partial charge in [0.2, 0.25) is 9.84 Å². The van der Waals surface area contributed by atoms with E-state index in [1.54, 1.807) is 18.2 Å². The van der Waals surface area contributed by atoms with Crippen LogP contribution in [0.2, 0.25) is 15.1 Å². The van der Waals surface area contributed by atoms with Gasteiger partial charge in [0.05, 0.1) is 24.9 Å². The zero-order valence-electron chi connectivity index (χ0n) is 8.90. The molecule has 0 saturated carbocycles. The van der Waals surface area contributed by atoms with Crippen molar-refractivity contribution in [3.8, 4) is 0 Å². The van der Waals surface area contributed by atoms with Crippen LogP contribution in [-0.2, 0) is 9.84 Å². The Morgan fingerprint density at radius 2 is 1.28 bits per heavy atom. The molecule has 94 valence electrons. The number of hydrogen-bond acceptors (Lipinski definition) is 2. The van der Waals surface area contributed by atoms with E-state index in [9.17, 15) is 8.42 Å². The molecule has 2 aromatic carbocycles. The molecule has 0 saturated heterocycles. The molecule has 0 aliphatic rings. The number of hydrogen-bond donors (Lipinski definition) is 0. The van der Waals surface area contributed by atoms with E-state index in [2.05, 4.69) is 0 Å². The molecule has 0 heterocycles. The van der Waals surface area contributed by atoms with Crippen LogP contribution < -0.4 is 0 Å². The largest absolute Gasteiger partial charge is 0.219 e. The van der Waals surface area contributed by atoms with E-state index < -0.39 is 9.84 Å². The summed E-state index contributed by atoms with van der Waals surface area (Å²) in [7, 11) is -3.63. The molecular formula is C12H7Cl3O2S. The Bertz CT molecular complexity index is 659. The zero-order valence-corrected chi connectivity index (χ0v) is 12.0. The third-order valence-electron chi connectivity index (χ3n) is 2.32. The monoisotopic (exact) mass is 320 g/mol. The quantitative estimate of drug-likeness (QED) is 0.764. The standard InChI is InChI=1S/C12H7Cl3O2S/c13-10-6-9(7-11(14)12(10)15)18(16,17)8-4-2-1-3-5-8/h1-7H. The third-order valence-corrected chi connectivity index (χ3v) is 5.27. The first kappa shape index (κ1) is 13.7. The Labute approximate surface area is 120 Å². The van der Waals surface area contributed by atoms with Crippen molar-refractivity contribution < 1.29 is 8.42 Å². The van der Waals surface area contributed by atoms with Crippen molar-refractivity contribution in [2.24, 2.45) is 0 Å². The summed E-state index contributed by atoms with van der Waals surface area (Å²) >= 11 is 17.5. The summed E-state index contributed by atoms with van der Waals surface area (Å²) in [6.45, 7) is 0. The Morgan fingerprint density at radius 1 is 0.778 bits per heavy atom. The highest BCUT2D eigenvalue weighted by Crippen LogP contribution is 2.34. The second-order valence-corrected chi connectivity index (χ2v) is 6.66. The second kappa shape index (κ2) is 5.10. The molecule has 0 aromatic heterocycles. The van der Waals surface area contributed by atoms with Crippen molar-refractivity contribution >= 4 is 44.6 Å². The Morgan fingerprint density at radius 3 is 1.78 bits per heavy atom. The smallest absolute Gasteiger partial charge is 0.206 e. The third kappa shape index (κ3) is 2.50. The molecule has 18 heavy (non-hydrogen) atoms. The molecule has 2 nitrogen and oxygen atoms in total. The minimum absolute atomic E-state index is 0.0214. The van der Waals surface area contributed by atoms with Crippen LogP contribution in [0.5, 0.6) is 0 Å². The average molecular weight is 322 g/mol. The van der Waals surface area contributed by atoms with Crippen molar-refractivity contribution in [2.45, 2.75) is 9.79 Å². The van der Waals surface area contributed by atoms with Crippen LogP contribution in [0.25, 0.3) is 0 Å². The molecule has 0 spiro atoms. The molecule has 0 N–H and O–H groups in total. The average Bonchev–Trinajstić information content (AvgIpc) is 2.36. The van der Waals surface area contributed by atoms with Crippen LogP contribution in [0, 0.1) is 0 Å². The molecule has 0 unspecified atom stereocenters. The van der Waals surface area contributed by atoms with Gasteiger partial charge in [-0.25, -0.2) is 8.42 Å². The maximum atomic E-state index is 12.3. The van der Waals surface area contributed by atoms with Crippen molar-refractivity contribution in [2.75, 3.05) is 0 Å². The Balaban J connectivity index is 2.63. The van der Waals surface area contributed by atoms with E-state index in [0.29, 0.717) is 0 Å². The van der Waals surface area contributed by atoms with Crippen LogP contribution in [0.1, 0.15) is 0 Å². The lowest BCUT2D eigenvalue weighted by Crippen LogP contribution is -2.01. The molecule has 0 atom stereocenters. The summed E-state index contributed by atoms with van der Waals surface area (Å²) in [5, 5.41) is 0.364. The molecule has 2 rings (SSSR count). The maximum Gasteiger partial charge on any atom is 0.206 e. The van der Waals surface area contributed by atoms with Crippen molar-refractivity contribution in [3.63, 3.8) is 0 Å². The van der Waals surface area contributed by atoms with Gasteiger partial charge in [0.1, 0.15) is 0 Å². The molecule has 2 aromatic rings. The summed E-state index contributed by atoms with van der Waals surface area (Å²) in [4.78, 5) is 0.201. The van der Waals surface area contributed by atoms with Gasteiger partial charge in [-0.3, -0.25) is 0 Å². The van der Waals surface area contributed by atoms with Gasteiger partial charge < -0.3 is 0 Å². The van der Waals surface area contributed by atoms with E-state index in [1.807, 2.05) is 0 Å². The van der Waals surface area contributed by atoms with Crippen LogP contribution in [0.15, 0.2) is 52.3 Å². The summed E-state index contributed by atoms with van der Waals surface area (Å²) < 4.78 is 24.6. The van der Waals surface area contributed by atoms with Gasteiger partial charge in [-0.2, -0.15) is 0 Å². The molecule has 0 radical (unpaired) electrons. The van der Waals surface area contributed by atoms with E-state index in [4.69, 9.17) is 34.8 Å². The molecule has 0 fully saturated rings. The minimum Gasteiger partial charge on any atom is -0.219 e. The van der Waals surface area contributed by atoms with Crippen LogP contribution in [0.3, 0.4) is 0 Å². The van der Waals surface area contributed by atoms with E-state index in [-0.39, 0.29) is 24.9 Å². The SMILES string of the molecule is O=S(=O)(c1ccccc1)c1cc(Cl)c(Cl)c(Cl)c1. The highest BCUT2D eigenvalue weighted by molar-refractivity contribution is 7.91. The zero-order chi connectivity index (χ0) is 13.3. The van der Waals surface area contributed by atoms with Crippen molar-refractivity contribution in [1.29, 1.82) is 0 Å². The predicted molar refractivity (Wildman–Crippen MR) is 73.4 cm³/mol. The lowest BCUT2D eigenvalue weighted by molar-refractivity contribution is 0.596. The predicted octanol–water partition coefficient (Wildman–Crippen LogP) is 4.48.